The van der Waals surface area contributed by atoms with Gasteiger partial charge in [0.2, 0.25) is 0 Å². The largest absolute Gasteiger partial charge is 0.503 e. The van der Waals surface area contributed by atoms with Crippen LogP contribution in [0.4, 0.5) is 5.13 Å². The van der Waals surface area contributed by atoms with Crippen LogP contribution >= 0.6 is 22.9 Å². The summed E-state index contributed by atoms with van der Waals surface area (Å²) in [7, 11) is 0. The highest BCUT2D eigenvalue weighted by atomic mass is 35.5. The topological polar surface area (TPSA) is 89.0 Å². The first-order chi connectivity index (χ1) is 21.4. The highest BCUT2D eigenvalue weighted by Crippen LogP contribution is 2.45. The van der Waals surface area contributed by atoms with Gasteiger partial charge in [-0.25, -0.2) is 4.98 Å². The van der Waals surface area contributed by atoms with Crippen molar-refractivity contribution in [3.8, 4) is 11.5 Å². The van der Waals surface area contributed by atoms with E-state index in [1.165, 1.54) is 22.3 Å². The van der Waals surface area contributed by atoms with E-state index in [2.05, 4.69) is 4.98 Å². The fraction of sp³-hybridized carbons (Fsp3) is 0.114. The molecule has 9 heteroatoms. The zero-order valence-corrected chi connectivity index (χ0v) is 25.2. The first-order valence-corrected chi connectivity index (χ1v) is 15.2. The van der Waals surface area contributed by atoms with Crippen molar-refractivity contribution in [3.63, 3.8) is 0 Å². The van der Waals surface area contributed by atoms with Crippen LogP contribution in [0.2, 0.25) is 5.02 Å². The number of aliphatic hydroxyl groups excluding tert-OH is 1. The third-order valence-electron chi connectivity index (χ3n) is 7.07. The molecule has 0 aliphatic carbocycles. The second-order valence-electron chi connectivity index (χ2n) is 9.97. The van der Waals surface area contributed by atoms with Crippen LogP contribution in [0.3, 0.4) is 0 Å². The highest BCUT2D eigenvalue weighted by Gasteiger charge is 2.45. The van der Waals surface area contributed by atoms with Gasteiger partial charge in [0, 0.05) is 5.02 Å². The SMILES string of the molecule is CCOc1cc(C2C(C(=O)C=Cc3ccccc3)=C(O)C(=O)N2c2nc3ccc(Cl)cc3s2)ccc1OCc1ccccc1. The predicted octanol–water partition coefficient (Wildman–Crippen LogP) is 8.11. The molecule has 6 rings (SSSR count). The zero-order valence-electron chi connectivity index (χ0n) is 23.6. The van der Waals surface area contributed by atoms with Gasteiger partial charge in [-0.1, -0.05) is 95.7 Å². The maximum Gasteiger partial charge on any atom is 0.296 e. The molecule has 0 radical (unpaired) electrons. The molecule has 44 heavy (non-hydrogen) atoms. The molecule has 5 aromatic rings. The Hall–Kier alpha value is -4.92. The van der Waals surface area contributed by atoms with E-state index in [0.717, 1.165) is 15.8 Å². The molecule has 220 valence electrons. The number of ketones is 1. The number of fused-ring (bicyclic) bond motifs is 1. The number of aliphatic hydroxyl groups is 1. The summed E-state index contributed by atoms with van der Waals surface area (Å²) in [5, 5.41) is 12.0. The van der Waals surface area contributed by atoms with E-state index in [1.54, 1.807) is 42.5 Å². The average Bonchev–Trinajstić information content (AvgIpc) is 3.57. The summed E-state index contributed by atoms with van der Waals surface area (Å²) < 4.78 is 12.8. The molecule has 4 aromatic carbocycles. The van der Waals surface area contributed by atoms with Crippen LogP contribution in [0.1, 0.15) is 29.7 Å². The lowest BCUT2D eigenvalue weighted by atomic mass is 9.95. The summed E-state index contributed by atoms with van der Waals surface area (Å²) in [5.74, 6) is -0.896. The fourth-order valence-electron chi connectivity index (χ4n) is 5.00. The number of allylic oxidation sites excluding steroid dienone is 1. The van der Waals surface area contributed by atoms with Crippen LogP contribution in [-0.2, 0) is 16.2 Å². The first-order valence-electron chi connectivity index (χ1n) is 14.0. The summed E-state index contributed by atoms with van der Waals surface area (Å²) in [4.78, 5) is 33.4. The molecule has 0 saturated heterocycles. The standard InChI is InChI=1S/C35H27ClN2O5S/c1-2-42-29-19-24(14-18-28(29)43-21-23-11-7-4-8-12-23)32-31(27(39)17-13-22-9-5-3-6-10-22)33(40)34(41)38(32)35-37-26-16-15-25(36)20-30(26)44-35/h3-20,32,40H,2,21H2,1H3. The first kappa shape index (κ1) is 29.2. The van der Waals surface area contributed by atoms with Gasteiger partial charge in [-0.05, 0) is 60.0 Å². The molecule has 1 N–H and O–H groups in total. The molecule has 1 amide bonds. The molecule has 1 unspecified atom stereocenters. The number of benzene rings is 4. The second-order valence-corrected chi connectivity index (χ2v) is 11.4. The van der Waals surface area contributed by atoms with Crippen molar-refractivity contribution < 1.29 is 24.2 Å². The maximum atomic E-state index is 13.7. The van der Waals surface area contributed by atoms with Crippen molar-refractivity contribution in [2.24, 2.45) is 0 Å². The van der Waals surface area contributed by atoms with Crippen LogP contribution in [0.15, 0.2) is 114 Å². The minimum Gasteiger partial charge on any atom is -0.503 e. The van der Waals surface area contributed by atoms with Gasteiger partial charge in [-0.2, -0.15) is 0 Å². The fourth-order valence-corrected chi connectivity index (χ4v) is 6.27. The Morgan fingerprint density at radius 3 is 2.48 bits per heavy atom. The van der Waals surface area contributed by atoms with Gasteiger partial charge in [0.05, 0.1) is 28.4 Å². The van der Waals surface area contributed by atoms with Crippen molar-refractivity contribution in [1.82, 2.24) is 4.98 Å². The van der Waals surface area contributed by atoms with E-state index in [1.807, 2.05) is 67.6 Å². The number of carbonyl (C=O) groups is 2. The Balaban J connectivity index is 1.42. The monoisotopic (exact) mass is 622 g/mol. The van der Waals surface area contributed by atoms with E-state index in [4.69, 9.17) is 21.1 Å². The van der Waals surface area contributed by atoms with E-state index < -0.39 is 23.5 Å². The molecule has 1 aliphatic rings. The van der Waals surface area contributed by atoms with Crippen molar-refractivity contribution in [1.29, 1.82) is 0 Å². The second kappa shape index (κ2) is 12.8. The Labute approximate surface area is 263 Å². The van der Waals surface area contributed by atoms with E-state index in [0.29, 0.717) is 45.9 Å². The van der Waals surface area contributed by atoms with Gasteiger partial charge in [0.25, 0.3) is 5.91 Å². The average molecular weight is 623 g/mol. The van der Waals surface area contributed by atoms with Gasteiger partial charge < -0.3 is 14.6 Å². The summed E-state index contributed by atoms with van der Waals surface area (Å²) in [5.41, 5.74) is 2.93. The molecule has 0 saturated carbocycles. The van der Waals surface area contributed by atoms with Crippen LogP contribution in [0.5, 0.6) is 11.5 Å². The van der Waals surface area contributed by atoms with Crippen LogP contribution in [-0.4, -0.2) is 28.4 Å². The lowest BCUT2D eigenvalue weighted by Gasteiger charge is -2.25. The van der Waals surface area contributed by atoms with Crippen LogP contribution in [0, 0.1) is 0 Å². The molecule has 1 aliphatic heterocycles. The maximum absolute atomic E-state index is 13.7. The zero-order chi connectivity index (χ0) is 30.6. The number of carbonyl (C=O) groups excluding carboxylic acids is 2. The normalized spacial score (nSPS) is 15.0. The quantitative estimate of drug-likeness (QED) is 0.158. The number of aromatic nitrogens is 1. The van der Waals surface area contributed by atoms with Crippen molar-refractivity contribution in [2.75, 3.05) is 11.5 Å². The summed E-state index contributed by atoms with van der Waals surface area (Å²) in [6.45, 7) is 2.56. The number of ether oxygens (including phenoxy) is 2. The number of halogens is 1. The van der Waals surface area contributed by atoms with E-state index in [-0.39, 0.29) is 5.57 Å². The van der Waals surface area contributed by atoms with Gasteiger partial charge in [0.15, 0.2) is 28.2 Å². The molecular weight excluding hydrogens is 596 g/mol. The number of thiazole rings is 1. The summed E-state index contributed by atoms with van der Waals surface area (Å²) in [6, 6.07) is 28.6. The molecule has 1 atom stereocenters. The minimum absolute atomic E-state index is 0.0557. The summed E-state index contributed by atoms with van der Waals surface area (Å²) in [6.07, 6.45) is 3.02. The summed E-state index contributed by atoms with van der Waals surface area (Å²) >= 11 is 7.46. The lowest BCUT2D eigenvalue weighted by Crippen LogP contribution is -2.30. The van der Waals surface area contributed by atoms with Crippen molar-refractivity contribution >= 4 is 56.1 Å². The molecule has 2 heterocycles. The predicted molar refractivity (Wildman–Crippen MR) is 173 cm³/mol. The number of amides is 1. The van der Waals surface area contributed by atoms with Crippen molar-refractivity contribution in [3.05, 3.63) is 136 Å². The van der Waals surface area contributed by atoms with E-state index >= 15 is 0 Å². The van der Waals surface area contributed by atoms with Crippen LogP contribution < -0.4 is 14.4 Å². The van der Waals surface area contributed by atoms with E-state index in [9.17, 15) is 14.7 Å². The van der Waals surface area contributed by atoms with Crippen LogP contribution in [0.25, 0.3) is 16.3 Å². The molecule has 1 aromatic heterocycles. The Morgan fingerprint density at radius 1 is 0.977 bits per heavy atom. The molecular formula is C35H27ClN2O5S. The Bertz CT molecular complexity index is 1900. The smallest absolute Gasteiger partial charge is 0.296 e. The Kier molecular flexibility index (Phi) is 8.45. The number of anilines is 1. The van der Waals surface area contributed by atoms with Crippen molar-refractivity contribution in [2.45, 2.75) is 19.6 Å². The molecule has 0 spiro atoms. The number of hydrogen-bond acceptors (Lipinski definition) is 7. The Morgan fingerprint density at radius 2 is 1.73 bits per heavy atom. The third kappa shape index (κ3) is 5.95. The number of rotatable bonds is 10. The number of nitrogens with zero attached hydrogens (tertiary/aromatic N) is 2. The minimum atomic E-state index is -0.978. The van der Waals surface area contributed by atoms with Gasteiger partial charge in [0.1, 0.15) is 6.61 Å². The van der Waals surface area contributed by atoms with Gasteiger partial charge in [-0.15, -0.1) is 0 Å². The highest BCUT2D eigenvalue weighted by molar-refractivity contribution is 7.22. The molecule has 0 bridgehead atoms. The third-order valence-corrected chi connectivity index (χ3v) is 8.32. The van der Waals surface area contributed by atoms with Gasteiger partial charge in [-0.3, -0.25) is 14.5 Å². The van der Waals surface area contributed by atoms with Gasteiger partial charge >= 0.3 is 0 Å². The molecule has 7 nitrogen and oxygen atoms in total. The lowest BCUT2D eigenvalue weighted by molar-refractivity contribution is -0.117. The molecule has 0 fully saturated rings. The number of hydrogen-bond donors (Lipinski definition) is 1.